The predicted molar refractivity (Wildman–Crippen MR) is 46.1 cm³/mol. The molecule has 0 radical (unpaired) electrons. The van der Waals surface area contributed by atoms with Crippen LogP contribution in [0.2, 0.25) is 0 Å². The third-order valence-electron chi connectivity index (χ3n) is 1.75. The Hall–Kier alpha value is -1.11. The van der Waals surface area contributed by atoms with E-state index in [-0.39, 0.29) is 6.67 Å². The van der Waals surface area contributed by atoms with Crippen LogP contribution in [0.5, 0.6) is 0 Å². The molecule has 1 aromatic carbocycles. The first-order valence-electron chi connectivity index (χ1n) is 3.56. The highest BCUT2D eigenvalue weighted by molar-refractivity contribution is 5.49. The van der Waals surface area contributed by atoms with Crippen LogP contribution in [0.25, 0.3) is 6.08 Å². The molecule has 1 rings (SSSR count). The summed E-state index contributed by atoms with van der Waals surface area (Å²) in [6, 6.07) is 5.60. The number of alkyl halides is 1. The van der Waals surface area contributed by atoms with Gasteiger partial charge in [0.25, 0.3) is 0 Å². The number of aryl methyl sites for hydroxylation is 1. The van der Waals surface area contributed by atoms with Gasteiger partial charge in [-0.15, -0.1) is 0 Å². The molecule has 0 unspecified atom stereocenters. The summed E-state index contributed by atoms with van der Waals surface area (Å²) in [6.07, 6.45) is 1.76. The lowest BCUT2D eigenvalue weighted by Crippen LogP contribution is -1.85. The number of benzene rings is 1. The summed E-state index contributed by atoms with van der Waals surface area (Å²) in [5.74, 6) is 0. The van der Waals surface area contributed by atoms with Crippen molar-refractivity contribution in [2.24, 2.45) is 0 Å². The van der Waals surface area contributed by atoms with Gasteiger partial charge in [-0.1, -0.05) is 30.9 Å². The third kappa shape index (κ3) is 1.67. The van der Waals surface area contributed by atoms with Crippen molar-refractivity contribution in [3.63, 3.8) is 0 Å². The molecule has 1 heteroatoms. The molecule has 0 fully saturated rings. The van der Waals surface area contributed by atoms with E-state index in [0.29, 0.717) is 0 Å². The Bertz CT molecular complexity index is 264. The van der Waals surface area contributed by atoms with Gasteiger partial charge in [-0.05, 0) is 23.6 Å². The van der Waals surface area contributed by atoms with Crippen molar-refractivity contribution in [1.29, 1.82) is 0 Å². The van der Waals surface area contributed by atoms with Gasteiger partial charge in [0.15, 0.2) is 0 Å². The number of rotatable bonds is 2. The van der Waals surface area contributed by atoms with Crippen LogP contribution in [-0.4, -0.2) is 0 Å². The zero-order chi connectivity index (χ0) is 8.27. The molecule has 58 valence electrons. The maximum absolute atomic E-state index is 12.2. The highest BCUT2D eigenvalue weighted by Gasteiger charge is 1.96. The Morgan fingerprint density at radius 2 is 2.27 bits per heavy atom. The average Bonchev–Trinajstić information content (AvgIpc) is 2.04. The fourth-order valence-electron chi connectivity index (χ4n) is 0.996. The molecule has 11 heavy (non-hydrogen) atoms. The molecule has 0 saturated heterocycles. The van der Waals surface area contributed by atoms with E-state index in [1.807, 2.05) is 19.1 Å². The van der Waals surface area contributed by atoms with Gasteiger partial charge in [0.05, 0.1) is 0 Å². The van der Waals surface area contributed by atoms with E-state index in [1.165, 1.54) is 0 Å². The van der Waals surface area contributed by atoms with Crippen LogP contribution in [0.4, 0.5) is 4.39 Å². The van der Waals surface area contributed by atoms with Gasteiger partial charge < -0.3 is 0 Å². The van der Waals surface area contributed by atoms with Crippen LogP contribution >= 0.6 is 0 Å². The van der Waals surface area contributed by atoms with Gasteiger partial charge >= 0.3 is 0 Å². The maximum atomic E-state index is 12.2. The second kappa shape index (κ2) is 3.33. The highest BCUT2D eigenvalue weighted by atomic mass is 19.1. The molecule has 0 atom stereocenters. The van der Waals surface area contributed by atoms with E-state index in [0.717, 1.165) is 16.7 Å². The molecular formula is C10H11F. The standard InChI is InChI=1S/C10H11F/c1-3-9-4-5-10(7-11)8(2)6-9/h3-6H,1,7H2,2H3. The largest absolute Gasteiger partial charge is 0.246 e. The second-order valence-electron chi connectivity index (χ2n) is 2.52. The SMILES string of the molecule is C=Cc1ccc(CF)c(C)c1. The number of hydrogen-bond donors (Lipinski definition) is 0. The zero-order valence-corrected chi connectivity index (χ0v) is 6.60. The molecule has 0 aromatic heterocycles. The third-order valence-corrected chi connectivity index (χ3v) is 1.75. The lowest BCUT2D eigenvalue weighted by molar-refractivity contribution is 0.483. The van der Waals surface area contributed by atoms with Crippen LogP contribution in [-0.2, 0) is 6.67 Å². The molecule has 0 nitrogen and oxygen atoms in total. The number of hydrogen-bond acceptors (Lipinski definition) is 0. The summed E-state index contributed by atoms with van der Waals surface area (Å²) < 4.78 is 12.2. The van der Waals surface area contributed by atoms with Crippen molar-refractivity contribution in [3.8, 4) is 0 Å². The molecule has 1 aromatic rings. The monoisotopic (exact) mass is 150 g/mol. The summed E-state index contributed by atoms with van der Waals surface area (Å²) in [4.78, 5) is 0. The Labute approximate surface area is 66.4 Å². The maximum Gasteiger partial charge on any atom is 0.115 e. The normalized spacial score (nSPS) is 9.64. The van der Waals surface area contributed by atoms with E-state index in [2.05, 4.69) is 6.58 Å². The summed E-state index contributed by atoms with van der Waals surface area (Å²) in [6.45, 7) is 5.15. The van der Waals surface area contributed by atoms with E-state index >= 15 is 0 Å². The first-order chi connectivity index (χ1) is 5.27. The zero-order valence-electron chi connectivity index (χ0n) is 6.60. The van der Waals surface area contributed by atoms with Crippen molar-refractivity contribution >= 4 is 6.08 Å². The van der Waals surface area contributed by atoms with Gasteiger partial charge in [0.2, 0.25) is 0 Å². The molecule has 0 aliphatic carbocycles. The van der Waals surface area contributed by atoms with Crippen molar-refractivity contribution in [1.82, 2.24) is 0 Å². The van der Waals surface area contributed by atoms with Crippen molar-refractivity contribution in [2.75, 3.05) is 0 Å². The summed E-state index contributed by atoms with van der Waals surface area (Å²) >= 11 is 0. The molecule has 0 aliphatic heterocycles. The van der Waals surface area contributed by atoms with Gasteiger partial charge in [0.1, 0.15) is 6.67 Å². The minimum absolute atomic E-state index is 0.386. The van der Waals surface area contributed by atoms with Crippen LogP contribution in [0.1, 0.15) is 16.7 Å². The van der Waals surface area contributed by atoms with E-state index in [4.69, 9.17) is 0 Å². The molecule has 0 heterocycles. The van der Waals surface area contributed by atoms with Gasteiger partial charge in [-0.3, -0.25) is 0 Å². The fourth-order valence-corrected chi connectivity index (χ4v) is 0.996. The summed E-state index contributed by atoms with van der Waals surface area (Å²) in [5, 5.41) is 0. The van der Waals surface area contributed by atoms with Gasteiger partial charge in [-0.2, -0.15) is 0 Å². The van der Waals surface area contributed by atoms with Crippen LogP contribution in [0.15, 0.2) is 24.8 Å². The molecule has 0 aliphatic rings. The van der Waals surface area contributed by atoms with Crippen LogP contribution < -0.4 is 0 Å². The van der Waals surface area contributed by atoms with Crippen LogP contribution in [0.3, 0.4) is 0 Å². The van der Waals surface area contributed by atoms with Crippen molar-refractivity contribution < 1.29 is 4.39 Å². The topological polar surface area (TPSA) is 0 Å². The summed E-state index contributed by atoms with van der Waals surface area (Å²) in [5.41, 5.74) is 2.79. The first-order valence-corrected chi connectivity index (χ1v) is 3.56. The summed E-state index contributed by atoms with van der Waals surface area (Å²) in [7, 11) is 0. The van der Waals surface area contributed by atoms with Crippen molar-refractivity contribution in [3.05, 3.63) is 41.5 Å². The van der Waals surface area contributed by atoms with Crippen LogP contribution in [0, 0.1) is 6.92 Å². The quantitative estimate of drug-likeness (QED) is 0.607. The lowest BCUT2D eigenvalue weighted by Gasteiger charge is -2.01. The molecule has 0 N–H and O–H groups in total. The minimum atomic E-state index is -0.386. The predicted octanol–water partition coefficient (Wildman–Crippen LogP) is 3.11. The molecule has 0 spiro atoms. The Morgan fingerprint density at radius 1 is 1.55 bits per heavy atom. The van der Waals surface area contributed by atoms with Gasteiger partial charge in [0, 0.05) is 0 Å². The van der Waals surface area contributed by atoms with E-state index < -0.39 is 0 Å². The molecule has 0 bridgehead atoms. The van der Waals surface area contributed by atoms with E-state index in [1.54, 1.807) is 12.1 Å². The van der Waals surface area contributed by atoms with E-state index in [9.17, 15) is 4.39 Å². The fraction of sp³-hybridized carbons (Fsp3) is 0.200. The molecular weight excluding hydrogens is 139 g/mol. The Morgan fingerprint density at radius 3 is 2.73 bits per heavy atom. The first kappa shape index (κ1) is 7.99. The highest BCUT2D eigenvalue weighted by Crippen LogP contribution is 2.12. The Balaban J connectivity index is 3.09. The minimum Gasteiger partial charge on any atom is -0.246 e. The second-order valence-corrected chi connectivity index (χ2v) is 2.52. The molecule has 0 saturated carbocycles. The molecule has 0 amide bonds. The Kier molecular flexibility index (Phi) is 2.42. The lowest BCUT2D eigenvalue weighted by atomic mass is 10.1. The van der Waals surface area contributed by atoms with Gasteiger partial charge in [-0.25, -0.2) is 4.39 Å². The average molecular weight is 150 g/mol. The smallest absolute Gasteiger partial charge is 0.115 e. The van der Waals surface area contributed by atoms with Crippen molar-refractivity contribution in [2.45, 2.75) is 13.6 Å². The number of halogens is 1.